The molecule has 1 aromatic carbocycles. The average molecular weight is 447 g/mol. The third-order valence-corrected chi connectivity index (χ3v) is 6.83. The summed E-state index contributed by atoms with van der Waals surface area (Å²) in [6.45, 7) is -1.22. The van der Waals surface area contributed by atoms with E-state index in [0.29, 0.717) is 37.2 Å². The van der Waals surface area contributed by atoms with Crippen molar-refractivity contribution in [3.63, 3.8) is 0 Å². The van der Waals surface area contributed by atoms with Crippen molar-refractivity contribution >= 4 is 5.97 Å². The van der Waals surface area contributed by atoms with Gasteiger partial charge in [-0.25, -0.2) is 0 Å². The number of ether oxygens (including phenoxy) is 3. The van der Waals surface area contributed by atoms with Crippen molar-refractivity contribution in [2.45, 2.75) is 68.4 Å². The second kappa shape index (κ2) is 10.5. The predicted molar refractivity (Wildman–Crippen MR) is 117 cm³/mol. The first-order chi connectivity index (χ1) is 15.4. The predicted octanol–water partition coefficient (Wildman–Crippen LogP) is 2.19. The molecule has 0 aliphatic heterocycles. The summed E-state index contributed by atoms with van der Waals surface area (Å²) in [5.74, 6) is 0.572. The molecule has 0 heterocycles. The second-order valence-electron chi connectivity index (χ2n) is 9.14. The monoisotopic (exact) mass is 446 g/mol. The van der Waals surface area contributed by atoms with Gasteiger partial charge in [-0.15, -0.1) is 0 Å². The van der Waals surface area contributed by atoms with E-state index in [1.807, 2.05) is 18.2 Å². The number of nitriles is 1. The van der Waals surface area contributed by atoms with Gasteiger partial charge in [0.05, 0.1) is 49.4 Å². The van der Waals surface area contributed by atoms with Crippen LogP contribution in [0.2, 0.25) is 0 Å². The Bertz CT molecular complexity index is 818. The summed E-state index contributed by atoms with van der Waals surface area (Å²) in [6.07, 6.45) is 6.60. The molecule has 0 unspecified atom stereocenters. The number of rotatable bonds is 9. The first-order valence-corrected chi connectivity index (χ1v) is 11.3. The van der Waals surface area contributed by atoms with Crippen LogP contribution in [0.1, 0.15) is 56.9 Å². The lowest BCUT2D eigenvalue weighted by Gasteiger charge is -2.35. The lowest BCUT2D eigenvalue weighted by molar-refractivity contribution is -0.152. The van der Waals surface area contributed by atoms with E-state index in [1.54, 1.807) is 7.11 Å². The maximum absolute atomic E-state index is 12.5. The number of carbonyl (C=O) groups is 1. The first-order valence-electron chi connectivity index (χ1n) is 11.3. The van der Waals surface area contributed by atoms with Crippen molar-refractivity contribution in [3.8, 4) is 17.6 Å². The van der Waals surface area contributed by atoms with Crippen molar-refractivity contribution < 1.29 is 29.2 Å². The molecule has 0 aromatic heterocycles. The van der Waals surface area contributed by atoms with Gasteiger partial charge in [0.2, 0.25) is 0 Å². The minimum absolute atomic E-state index is 0.176. The highest BCUT2D eigenvalue weighted by molar-refractivity contribution is 5.72. The molecule has 0 radical (unpaired) electrons. The number of benzene rings is 1. The summed E-state index contributed by atoms with van der Waals surface area (Å²) in [5.41, 5.74) is 4.59. The van der Waals surface area contributed by atoms with E-state index in [4.69, 9.17) is 19.9 Å². The zero-order valence-corrected chi connectivity index (χ0v) is 18.7. The summed E-state index contributed by atoms with van der Waals surface area (Å²) in [6, 6.07) is 8.17. The van der Waals surface area contributed by atoms with E-state index in [9.17, 15) is 20.3 Å². The molecular formula is C24H34N2O6. The van der Waals surface area contributed by atoms with Crippen molar-refractivity contribution in [1.29, 1.82) is 5.26 Å². The van der Waals surface area contributed by atoms with E-state index >= 15 is 0 Å². The Morgan fingerprint density at radius 3 is 2.41 bits per heavy atom. The largest absolute Gasteiger partial charge is 0.493 e. The third kappa shape index (κ3) is 5.34. The van der Waals surface area contributed by atoms with Crippen molar-refractivity contribution in [2.24, 2.45) is 11.7 Å². The molecule has 2 aliphatic rings. The zero-order valence-electron chi connectivity index (χ0n) is 18.7. The van der Waals surface area contributed by atoms with Gasteiger partial charge in [-0.1, -0.05) is 6.07 Å². The van der Waals surface area contributed by atoms with Gasteiger partial charge in [-0.05, 0) is 69.1 Å². The molecule has 8 nitrogen and oxygen atoms in total. The highest BCUT2D eigenvalue weighted by atomic mass is 16.5. The number of aliphatic hydroxyl groups excluding tert-OH is 2. The average Bonchev–Trinajstić information content (AvgIpc) is 3.35. The molecule has 1 aromatic rings. The summed E-state index contributed by atoms with van der Waals surface area (Å²) >= 11 is 0. The molecule has 176 valence electrons. The van der Waals surface area contributed by atoms with Gasteiger partial charge < -0.3 is 30.2 Å². The Labute approximate surface area is 189 Å². The quantitative estimate of drug-likeness (QED) is 0.491. The van der Waals surface area contributed by atoms with Crippen LogP contribution in [-0.2, 0) is 14.9 Å². The van der Waals surface area contributed by atoms with Crippen LogP contribution in [0.4, 0.5) is 0 Å². The summed E-state index contributed by atoms with van der Waals surface area (Å²) < 4.78 is 16.9. The molecular weight excluding hydrogens is 412 g/mol. The van der Waals surface area contributed by atoms with Crippen LogP contribution in [0.15, 0.2) is 18.2 Å². The molecule has 0 saturated heterocycles. The van der Waals surface area contributed by atoms with Crippen LogP contribution in [0.3, 0.4) is 0 Å². The Hall–Kier alpha value is -2.34. The van der Waals surface area contributed by atoms with Crippen LogP contribution in [0, 0.1) is 17.2 Å². The van der Waals surface area contributed by atoms with Crippen LogP contribution in [0.5, 0.6) is 11.5 Å². The van der Waals surface area contributed by atoms with Gasteiger partial charge >= 0.3 is 5.97 Å². The van der Waals surface area contributed by atoms with E-state index < -0.39 is 30.1 Å². The van der Waals surface area contributed by atoms with Crippen molar-refractivity contribution in [3.05, 3.63) is 23.8 Å². The Morgan fingerprint density at radius 1 is 1.19 bits per heavy atom. The highest BCUT2D eigenvalue weighted by Crippen LogP contribution is 2.44. The second-order valence-corrected chi connectivity index (χ2v) is 9.14. The van der Waals surface area contributed by atoms with Crippen molar-refractivity contribution in [2.75, 3.05) is 26.9 Å². The Morgan fingerprint density at radius 2 is 1.84 bits per heavy atom. The number of esters is 1. The number of nitrogens with two attached hydrogens (primary N) is 1. The van der Waals surface area contributed by atoms with Crippen LogP contribution in [-0.4, -0.2) is 54.8 Å². The SMILES string of the molecule is COc1ccc(C2(C#N)CCC(C(=O)OCC(N)(CO)CO)CC2)cc1OC1CCCC1. The molecule has 4 N–H and O–H groups in total. The molecule has 32 heavy (non-hydrogen) atoms. The molecule has 0 atom stereocenters. The smallest absolute Gasteiger partial charge is 0.308 e. The van der Waals surface area contributed by atoms with E-state index in [-0.39, 0.29) is 18.6 Å². The van der Waals surface area contributed by atoms with E-state index in [0.717, 1.165) is 31.2 Å². The number of hydrogen-bond acceptors (Lipinski definition) is 8. The zero-order chi connectivity index (χ0) is 23.2. The van der Waals surface area contributed by atoms with Gasteiger partial charge in [0.1, 0.15) is 6.61 Å². The molecule has 3 rings (SSSR count). The summed E-state index contributed by atoms with van der Waals surface area (Å²) in [7, 11) is 1.61. The normalized spacial score (nSPS) is 24.0. The Balaban J connectivity index is 1.68. The molecule has 0 bridgehead atoms. The van der Waals surface area contributed by atoms with E-state index in [2.05, 4.69) is 6.07 Å². The van der Waals surface area contributed by atoms with Gasteiger partial charge in [-0.3, -0.25) is 4.79 Å². The number of aliphatic hydroxyl groups is 2. The molecule has 0 spiro atoms. The molecule has 8 heteroatoms. The van der Waals surface area contributed by atoms with Gasteiger partial charge in [0.15, 0.2) is 11.5 Å². The third-order valence-electron chi connectivity index (χ3n) is 6.83. The van der Waals surface area contributed by atoms with Gasteiger partial charge in [0.25, 0.3) is 0 Å². The standard InChI is InChI=1S/C24H34N2O6/c1-30-20-7-6-18(12-21(20)32-19-4-2-3-5-19)23(13-25)10-8-17(9-11-23)22(29)31-16-24(26,14-27)15-28/h6-7,12,17,19,27-28H,2-5,8-11,14-16,26H2,1H3. The fourth-order valence-corrected chi connectivity index (χ4v) is 4.54. The fourth-order valence-electron chi connectivity index (χ4n) is 4.54. The number of hydrogen-bond donors (Lipinski definition) is 3. The number of methoxy groups -OCH3 is 1. The lowest BCUT2D eigenvalue weighted by atomic mass is 9.67. The summed E-state index contributed by atoms with van der Waals surface area (Å²) in [4.78, 5) is 12.5. The minimum atomic E-state index is -1.35. The topological polar surface area (TPSA) is 135 Å². The Kier molecular flexibility index (Phi) is 7.99. The van der Waals surface area contributed by atoms with Crippen LogP contribution < -0.4 is 15.2 Å². The number of carbonyl (C=O) groups excluding carboxylic acids is 1. The number of nitrogens with zero attached hydrogens (tertiary/aromatic N) is 1. The molecule has 0 amide bonds. The van der Waals surface area contributed by atoms with Gasteiger partial charge in [-0.2, -0.15) is 5.26 Å². The maximum Gasteiger partial charge on any atom is 0.308 e. The van der Waals surface area contributed by atoms with E-state index in [1.165, 1.54) is 0 Å². The first kappa shape index (κ1) is 24.3. The molecule has 2 saturated carbocycles. The van der Waals surface area contributed by atoms with Crippen LogP contribution >= 0.6 is 0 Å². The minimum Gasteiger partial charge on any atom is -0.493 e. The van der Waals surface area contributed by atoms with Crippen molar-refractivity contribution in [1.82, 2.24) is 0 Å². The summed E-state index contributed by atoms with van der Waals surface area (Å²) in [5, 5.41) is 28.6. The fraction of sp³-hybridized carbons (Fsp3) is 0.667. The molecule has 2 fully saturated rings. The van der Waals surface area contributed by atoms with Crippen LogP contribution in [0.25, 0.3) is 0 Å². The molecule has 2 aliphatic carbocycles. The highest BCUT2D eigenvalue weighted by Gasteiger charge is 2.40. The lowest BCUT2D eigenvalue weighted by Crippen LogP contribution is -2.52. The van der Waals surface area contributed by atoms with Gasteiger partial charge in [0, 0.05) is 0 Å². The maximum atomic E-state index is 12.5.